The average Bonchev–Trinajstić information content (AvgIpc) is 3.12. The van der Waals surface area contributed by atoms with Crippen LogP contribution in [-0.2, 0) is 5.67 Å². The summed E-state index contributed by atoms with van der Waals surface area (Å²) in [4.78, 5) is 13.3. The molecular weight excluding hydrogens is 331 g/mol. The van der Waals surface area contributed by atoms with Gasteiger partial charge in [-0.25, -0.2) is 14.4 Å². The fourth-order valence-electron chi connectivity index (χ4n) is 3.30. The van der Waals surface area contributed by atoms with Crippen LogP contribution in [-0.4, -0.2) is 32.9 Å². The molecule has 0 amide bonds. The predicted molar refractivity (Wildman–Crippen MR) is 93.2 cm³/mol. The van der Waals surface area contributed by atoms with Crippen molar-refractivity contribution >= 4 is 11.2 Å². The fourth-order valence-corrected chi connectivity index (χ4v) is 3.30. The molecule has 0 unspecified atom stereocenters. The number of halogens is 1. The standard InChI is InChI=1S/C19H15FN6/c20-19(7-2-8-26(11-19)12-22)18-24-16-6-5-15(23-17(16)25-18)14-4-1-3-13(9-14)10-21/h1,3-6,9H,2,7-8,11H2,(H,23,24,25)/t19-/m1/s1. The highest BCUT2D eigenvalue weighted by Gasteiger charge is 2.40. The molecule has 1 fully saturated rings. The number of pyridine rings is 1. The molecule has 1 aliphatic heterocycles. The van der Waals surface area contributed by atoms with Crippen molar-refractivity contribution < 1.29 is 4.39 Å². The van der Waals surface area contributed by atoms with Crippen LogP contribution in [0.3, 0.4) is 0 Å². The van der Waals surface area contributed by atoms with Crippen molar-refractivity contribution in [1.29, 1.82) is 10.5 Å². The number of aromatic amines is 1. The largest absolute Gasteiger partial charge is 0.324 e. The highest BCUT2D eigenvalue weighted by Crippen LogP contribution is 2.34. The third kappa shape index (κ3) is 2.74. The molecule has 26 heavy (non-hydrogen) atoms. The second kappa shape index (κ2) is 6.12. The van der Waals surface area contributed by atoms with Crippen molar-refractivity contribution in [1.82, 2.24) is 19.9 Å². The van der Waals surface area contributed by atoms with Crippen molar-refractivity contribution in [2.75, 3.05) is 13.1 Å². The number of nitrogens with zero attached hydrogens (tertiary/aromatic N) is 5. The summed E-state index contributed by atoms with van der Waals surface area (Å²) in [6.07, 6.45) is 2.93. The highest BCUT2D eigenvalue weighted by atomic mass is 19.1. The molecule has 3 aromatic rings. The minimum atomic E-state index is -1.68. The molecule has 3 heterocycles. The minimum Gasteiger partial charge on any atom is -0.324 e. The van der Waals surface area contributed by atoms with Gasteiger partial charge in [0, 0.05) is 12.1 Å². The van der Waals surface area contributed by atoms with E-state index >= 15 is 4.39 Å². The van der Waals surface area contributed by atoms with Crippen LogP contribution < -0.4 is 0 Å². The van der Waals surface area contributed by atoms with Gasteiger partial charge in [-0.1, -0.05) is 12.1 Å². The van der Waals surface area contributed by atoms with Gasteiger partial charge in [0.05, 0.1) is 23.9 Å². The number of nitrogens with one attached hydrogen (secondary N) is 1. The normalized spacial score (nSPS) is 19.9. The Balaban J connectivity index is 1.72. The molecular formula is C19H15FN6. The first kappa shape index (κ1) is 16.0. The Kier molecular flexibility index (Phi) is 3.78. The first-order valence-corrected chi connectivity index (χ1v) is 8.33. The quantitative estimate of drug-likeness (QED) is 0.719. The number of piperidine rings is 1. The Morgan fingerprint density at radius 1 is 1.19 bits per heavy atom. The van der Waals surface area contributed by atoms with E-state index in [1.807, 2.05) is 12.3 Å². The van der Waals surface area contributed by atoms with Gasteiger partial charge in [-0.05, 0) is 37.1 Å². The molecule has 1 aliphatic rings. The van der Waals surface area contributed by atoms with Crippen LogP contribution in [0.2, 0.25) is 0 Å². The Morgan fingerprint density at radius 2 is 2.08 bits per heavy atom. The molecule has 1 atom stereocenters. The third-order valence-electron chi connectivity index (χ3n) is 4.64. The fraction of sp³-hybridized carbons (Fsp3) is 0.263. The summed E-state index contributed by atoms with van der Waals surface area (Å²) in [6, 6.07) is 12.8. The van der Waals surface area contributed by atoms with E-state index in [1.54, 1.807) is 30.3 Å². The summed E-state index contributed by atoms with van der Waals surface area (Å²) < 4.78 is 15.4. The summed E-state index contributed by atoms with van der Waals surface area (Å²) in [5, 5.41) is 18.1. The van der Waals surface area contributed by atoms with E-state index < -0.39 is 5.67 Å². The molecule has 0 spiro atoms. The molecule has 7 heteroatoms. The molecule has 128 valence electrons. The number of imidazole rings is 1. The highest BCUT2D eigenvalue weighted by molar-refractivity contribution is 5.75. The van der Waals surface area contributed by atoms with Crippen LogP contribution >= 0.6 is 0 Å². The average molecular weight is 346 g/mol. The van der Waals surface area contributed by atoms with Gasteiger partial charge in [-0.15, -0.1) is 0 Å². The Morgan fingerprint density at radius 3 is 2.88 bits per heavy atom. The number of H-pyrrole nitrogens is 1. The number of fused-ring (bicyclic) bond motifs is 1. The lowest BCUT2D eigenvalue weighted by molar-refractivity contribution is 0.0627. The maximum Gasteiger partial charge on any atom is 0.186 e. The minimum absolute atomic E-state index is 0.000391. The van der Waals surface area contributed by atoms with Gasteiger partial charge in [0.1, 0.15) is 11.3 Å². The monoisotopic (exact) mass is 346 g/mol. The number of rotatable bonds is 2. The number of hydrogen-bond acceptors (Lipinski definition) is 5. The zero-order valence-corrected chi connectivity index (χ0v) is 13.9. The molecule has 1 saturated heterocycles. The summed E-state index contributed by atoms with van der Waals surface area (Å²) in [7, 11) is 0. The lowest BCUT2D eigenvalue weighted by atomic mass is 9.94. The number of aromatic nitrogens is 3. The maximum absolute atomic E-state index is 15.4. The van der Waals surface area contributed by atoms with Crippen LogP contribution in [0.15, 0.2) is 36.4 Å². The van der Waals surface area contributed by atoms with E-state index in [0.29, 0.717) is 41.8 Å². The number of benzene rings is 1. The SMILES string of the molecule is N#Cc1cccc(-c2ccc3nc([C@@]4(F)CCCN(C#N)C4)[nH]c3n2)c1. The number of nitriles is 2. The zero-order chi connectivity index (χ0) is 18.1. The maximum atomic E-state index is 15.4. The van der Waals surface area contributed by atoms with Crippen molar-refractivity contribution in [2.45, 2.75) is 18.5 Å². The van der Waals surface area contributed by atoms with E-state index in [2.05, 4.69) is 21.0 Å². The Hall–Kier alpha value is -3.45. The second-order valence-electron chi connectivity index (χ2n) is 6.43. The van der Waals surface area contributed by atoms with Crippen LogP contribution in [0.1, 0.15) is 24.2 Å². The van der Waals surface area contributed by atoms with Gasteiger partial charge in [0.15, 0.2) is 17.5 Å². The number of hydrogen-bond donors (Lipinski definition) is 1. The van der Waals surface area contributed by atoms with E-state index in [9.17, 15) is 0 Å². The van der Waals surface area contributed by atoms with Crippen LogP contribution in [0.25, 0.3) is 22.4 Å². The Bertz CT molecular complexity index is 1060. The van der Waals surface area contributed by atoms with Gasteiger partial charge in [0.2, 0.25) is 0 Å². The van der Waals surface area contributed by atoms with Crippen molar-refractivity contribution in [3.05, 3.63) is 47.8 Å². The Labute approximate surface area is 149 Å². The van der Waals surface area contributed by atoms with Gasteiger partial charge in [-0.3, -0.25) is 0 Å². The van der Waals surface area contributed by atoms with Crippen LogP contribution in [0.4, 0.5) is 4.39 Å². The van der Waals surface area contributed by atoms with Crippen molar-refractivity contribution in [3.8, 4) is 23.5 Å². The second-order valence-corrected chi connectivity index (χ2v) is 6.43. The lowest BCUT2D eigenvalue weighted by Gasteiger charge is -2.32. The smallest absolute Gasteiger partial charge is 0.186 e. The molecule has 0 bridgehead atoms. The summed E-state index contributed by atoms with van der Waals surface area (Å²) >= 11 is 0. The predicted octanol–water partition coefficient (Wildman–Crippen LogP) is 3.24. The number of likely N-dealkylation sites (tertiary alicyclic amines) is 1. The molecule has 1 N–H and O–H groups in total. The lowest BCUT2D eigenvalue weighted by Crippen LogP contribution is -2.41. The van der Waals surface area contributed by atoms with Gasteiger partial charge in [0.25, 0.3) is 0 Å². The van der Waals surface area contributed by atoms with E-state index in [0.717, 1.165) is 5.56 Å². The zero-order valence-electron chi connectivity index (χ0n) is 13.9. The molecule has 6 nitrogen and oxygen atoms in total. The summed E-state index contributed by atoms with van der Waals surface area (Å²) in [5.41, 5.74) is 1.43. The molecule has 2 aromatic heterocycles. The molecule has 1 aromatic carbocycles. The van der Waals surface area contributed by atoms with E-state index in [4.69, 9.17) is 10.5 Å². The van der Waals surface area contributed by atoms with E-state index in [1.165, 1.54) is 4.90 Å². The van der Waals surface area contributed by atoms with Gasteiger partial charge < -0.3 is 9.88 Å². The first-order chi connectivity index (χ1) is 12.6. The first-order valence-electron chi connectivity index (χ1n) is 8.33. The summed E-state index contributed by atoms with van der Waals surface area (Å²) in [6.45, 7) is 0.570. The van der Waals surface area contributed by atoms with Crippen molar-refractivity contribution in [2.24, 2.45) is 0 Å². The summed E-state index contributed by atoms with van der Waals surface area (Å²) in [5.74, 6) is 0.211. The molecule has 4 rings (SSSR count). The van der Waals surface area contributed by atoms with Crippen molar-refractivity contribution in [3.63, 3.8) is 0 Å². The van der Waals surface area contributed by atoms with Crippen LogP contribution in [0.5, 0.6) is 0 Å². The van der Waals surface area contributed by atoms with E-state index in [-0.39, 0.29) is 12.4 Å². The molecule has 0 aliphatic carbocycles. The van der Waals surface area contributed by atoms with Gasteiger partial charge >= 0.3 is 0 Å². The molecule has 0 radical (unpaired) electrons. The van der Waals surface area contributed by atoms with Gasteiger partial charge in [-0.2, -0.15) is 10.5 Å². The van der Waals surface area contributed by atoms with Crippen LogP contribution in [0, 0.1) is 22.8 Å². The molecule has 0 saturated carbocycles. The third-order valence-corrected chi connectivity index (χ3v) is 4.64. The topological polar surface area (TPSA) is 92.4 Å². The number of alkyl halides is 1.